The molecule has 0 unspecified atom stereocenters. The van der Waals surface area contributed by atoms with Crippen LogP contribution in [0.25, 0.3) is 0 Å². The van der Waals surface area contributed by atoms with E-state index in [0.717, 1.165) is 0 Å². The van der Waals surface area contributed by atoms with Crippen molar-refractivity contribution in [2.24, 2.45) is 0 Å². The van der Waals surface area contributed by atoms with Gasteiger partial charge in [-0.25, -0.2) is 0 Å². The first-order chi connectivity index (χ1) is 9.01. The van der Waals surface area contributed by atoms with E-state index < -0.39 is 29.8 Å². The Morgan fingerprint density at radius 2 is 2.00 bits per heavy atom. The van der Waals surface area contributed by atoms with Crippen molar-refractivity contribution < 1.29 is 29.8 Å². The zero-order valence-electron chi connectivity index (χ0n) is 9.75. The fraction of sp³-hybridized carbons (Fsp3) is 0.364. The number of nitrogens with zero attached hydrogens (tertiary/aromatic N) is 1. The van der Waals surface area contributed by atoms with E-state index in [1.165, 1.54) is 24.3 Å². The van der Waals surface area contributed by atoms with E-state index in [1.54, 1.807) is 0 Å². The highest BCUT2D eigenvalue weighted by Gasteiger charge is 2.29. The fourth-order valence-electron chi connectivity index (χ4n) is 1.36. The molecule has 0 amide bonds. The van der Waals surface area contributed by atoms with Crippen molar-refractivity contribution in [3.05, 3.63) is 34.4 Å². The van der Waals surface area contributed by atoms with Gasteiger partial charge in [0.2, 0.25) is 0 Å². The lowest BCUT2D eigenvalue weighted by Gasteiger charge is -2.22. The van der Waals surface area contributed by atoms with Gasteiger partial charge in [0.05, 0.1) is 11.5 Å². The highest BCUT2D eigenvalue weighted by molar-refractivity contribution is 5.59. The topological polar surface area (TPSA) is 130 Å². The van der Waals surface area contributed by atoms with Gasteiger partial charge in [0.15, 0.2) is 18.1 Å². The Morgan fingerprint density at radius 1 is 1.37 bits per heavy atom. The number of carbonyl (C=O) groups is 1. The third-order valence-electron chi connectivity index (χ3n) is 2.38. The molecule has 1 rings (SSSR count). The van der Waals surface area contributed by atoms with Gasteiger partial charge in [0, 0.05) is 6.07 Å². The van der Waals surface area contributed by atoms with E-state index in [-0.39, 0.29) is 17.7 Å². The van der Waals surface area contributed by atoms with Crippen LogP contribution in [0.5, 0.6) is 5.75 Å². The van der Waals surface area contributed by atoms with E-state index in [4.69, 9.17) is 9.84 Å². The third-order valence-corrected chi connectivity index (χ3v) is 2.38. The van der Waals surface area contributed by atoms with Crippen LogP contribution in [0.2, 0.25) is 0 Å². The molecule has 0 bridgehead atoms. The van der Waals surface area contributed by atoms with Crippen LogP contribution in [0.1, 0.15) is 0 Å². The molecule has 0 aromatic heterocycles. The van der Waals surface area contributed by atoms with Crippen molar-refractivity contribution in [2.45, 2.75) is 18.3 Å². The zero-order valence-corrected chi connectivity index (χ0v) is 9.75. The Kier molecular flexibility index (Phi) is 5.37. The molecule has 1 aromatic carbocycles. The predicted molar refractivity (Wildman–Crippen MR) is 62.7 cm³/mol. The van der Waals surface area contributed by atoms with Crippen LogP contribution in [0, 0.1) is 10.1 Å². The number of hydrogen-bond donors (Lipinski definition) is 3. The van der Waals surface area contributed by atoms with E-state index in [2.05, 4.69) is 0 Å². The van der Waals surface area contributed by atoms with Gasteiger partial charge in [-0.05, 0) is 6.07 Å². The Morgan fingerprint density at radius 3 is 2.53 bits per heavy atom. The van der Waals surface area contributed by atoms with E-state index in [9.17, 15) is 25.1 Å². The van der Waals surface area contributed by atoms with Crippen LogP contribution >= 0.6 is 0 Å². The number of para-hydroxylation sites is 2. The number of aliphatic hydroxyl groups excluding tert-OH is 3. The summed E-state index contributed by atoms with van der Waals surface area (Å²) < 4.78 is 5.01. The summed E-state index contributed by atoms with van der Waals surface area (Å²) in [6.45, 7) is -0.772. The highest BCUT2D eigenvalue weighted by Crippen LogP contribution is 2.27. The molecule has 0 fully saturated rings. The van der Waals surface area contributed by atoms with Gasteiger partial charge in [-0.2, -0.15) is 0 Å². The number of nitro groups is 1. The van der Waals surface area contributed by atoms with E-state index in [1.807, 2.05) is 0 Å². The average Bonchev–Trinajstić information content (AvgIpc) is 2.43. The van der Waals surface area contributed by atoms with Crippen LogP contribution in [0.15, 0.2) is 24.3 Å². The van der Waals surface area contributed by atoms with Gasteiger partial charge in [-0.3, -0.25) is 14.9 Å². The molecule has 8 nitrogen and oxygen atoms in total. The smallest absolute Gasteiger partial charge is 0.310 e. The Labute approximate surface area is 108 Å². The normalized spacial score (nSPS) is 15.3. The molecule has 3 N–H and O–H groups in total. The van der Waals surface area contributed by atoms with Crippen molar-refractivity contribution in [1.82, 2.24) is 0 Å². The number of benzene rings is 1. The van der Waals surface area contributed by atoms with Gasteiger partial charge in [-0.15, -0.1) is 0 Å². The van der Waals surface area contributed by atoms with Crippen LogP contribution in [0.3, 0.4) is 0 Å². The van der Waals surface area contributed by atoms with Crippen LogP contribution in [0.4, 0.5) is 5.69 Å². The van der Waals surface area contributed by atoms with Gasteiger partial charge < -0.3 is 20.1 Å². The molecular weight excluding hydrogens is 258 g/mol. The first-order valence-electron chi connectivity index (χ1n) is 5.33. The quantitative estimate of drug-likeness (QED) is 0.338. The lowest BCUT2D eigenvalue weighted by atomic mass is 10.1. The molecule has 0 aliphatic carbocycles. The Balaban J connectivity index is 2.93. The number of aliphatic hydroxyl groups is 3. The monoisotopic (exact) mass is 271 g/mol. The Bertz CT molecular complexity index is 450. The molecule has 0 saturated carbocycles. The molecule has 0 saturated heterocycles. The second-order valence-electron chi connectivity index (χ2n) is 3.68. The summed E-state index contributed by atoms with van der Waals surface area (Å²) in [4.78, 5) is 20.8. The standard InChI is InChI=1S/C11H13NO7/c13-5-8(15)11(16)10(6-14)19-9-4-2-1-3-7(9)12(17)18/h1-4,6,8,10-11,13,15-16H,5H2/t8-,10+,11-/m1/s1. The summed E-state index contributed by atoms with van der Waals surface area (Å²) in [7, 11) is 0. The number of hydrogen-bond acceptors (Lipinski definition) is 7. The van der Waals surface area contributed by atoms with Crippen molar-refractivity contribution in [3.8, 4) is 5.75 Å². The third kappa shape index (κ3) is 3.71. The first kappa shape index (κ1) is 15.0. The largest absolute Gasteiger partial charge is 0.473 e. The molecule has 3 atom stereocenters. The van der Waals surface area contributed by atoms with E-state index >= 15 is 0 Å². The van der Waals surface area contributed by atoms with Gasteiger partial charge in [0.1, 0.15) is 12.2 Å². The molecule has 0 radical (unpaired) electrons. The number of rotatable bonds is 7. The second kappa shape index (κ2) is 6.78. The predicted octanol–water partition coefficient (Wildman–Crippen LogP) is -0.745. The minimum absolute atomic E-state index is 0.195. The van der Waals surface area contributed by atoms with Crippen LogP contribution in [-0.4, -0.2) is 51.4 Å². The molecule has 0 heterocycles. The zero-order chi connectivity index (χ0) is 14.4. The first-order valence-corrected chi connectivity index (χ1v) is 5.33. The maximum Gasteiger partial charge on any atom is 0.310 e. The summed E-state index contributed by atoms with van der Waals surface area (Å²) >= 11 is 0. The number of nitro benzene ring substituents is 1. The van der Waals surface area contributed by atoms with Gasteiger partial charge in [-0.1, -0.05) is 12.1 Å². The summed E-state index contributed by atoms with van der Waals surface area (Å²) in [5, 5.41) is 38.1. The number of carbonyl (C=O) groups excluding carboxylic acids is 1. The lowest BCUT2D eigenvalue weighted by Crippen LogP contribution is -2.43. The highest BCUT2D eigenvalue weighted by atomic mass is 16.6. The molecule has 0 aliphatic heterocycles. The summed E-state index contributed by atoms with van der Waals surface area (Å²) in [6, 6.07) is 5.30. The van der Waals surface area contributed by atoms with E-state index in [0.29, 0.717) is 0 Å². The summed E-state index contributed by atoms with van der Waals surface area (Å²) in [5.74, 6) is -0.214. The van der Waals surface area contributed by atoms with Gasteiger partial charge >= 0.3 is 5.69 Å². The number of ether oxygens (including phenoxy) is 1. The SMILES string of the molecule is O=C[C@H](Oc1ccccc1[N+](=O)[O-])[C@H](O)[C@H](O)CO. The molecule has 0 spiro atoms. The summed E-state index contributed by atoms with van der Waals surface area (Å²) in [5.41, 5.74) is -0.375. The van der Waals surface area contributed by atoms with Crippen molar-refractivity contribution in [3.63, 3.8) is 0 Å². The molecule has 8 heteroatoms. The minimum Gasteiger partial charge on any atom is -0.473 e. The maximum atomic E-state index is 10.8. The van der Waals surface area contributed by atoms with Crippen molar-refractivity contribution in [1.29, 1.82) is 0 Å². The second-order valence-corrected chi connectivity index (χ2v) is 3.68. The Hall–Kier alpha value is -2.03. The maximum absolute atomic E-state index is 10.8. The van der Waals surface area contributed by atoms with Crippen LogP contribution < -0.4 is 4.74 Å². The average molecular weight is 271 g/mol. The summed E-state index contributed by atoms with van der Waals surface area (Å²) in [6.07, 6.45) is -4.61. The molecule has 0 aliphatic rings. The minimum atomic E-state index is -1.69. The van der Waals surface area contributed by atoms with Crippen molar-refractivity contribution >= 4 is 12.0 Å². The van der Waals surface area contributed by atoms with Gasteiger partial charge in [0.25, 0.3) is 0 Å². The van der Waals surface area contributed by atoms with Crippen molar-refractivity contribution in [2.75, 3.05) is 6.61 Å². The lowest BCUT2D eigenvalue weighted by molar-refractivity contribution is -0.386. The number of aldehydes is 1. The fourth-order valence-corrected chi connectivity index (χ4v) is 1.36. The van der Waals surface area contributed by atoms with Crippen LogP contribution in [-0.2, 0) is 4.79 Å². The molecular formula is C11H13NO7. The molecule has 19 heavy (non-hydrogen) atoms. The molecule has 1 aromatic rings. The molecule has 104 valence electrons.